The van der Waals surface area contributed by atoms with Crippen LogP contribution in [0.5, 0.6) is 0 Å². The molecule has 2 aromatic carbocycles. The van der Waals surface area contributed by atoms with Gasteiger partial charge in [-0.25, -0.2) is 0 Å². The van der Waals surface area contributed by atoms with Gasteiger partial charge >= 0.3 is 0 Å². The average molecular weight is 324 g/mol. The van der Waals surface area contributed by atoms with Crippen LogP contribution in [-0.2, 0) is 17.0 Å². The van der Waals surface area contributed by atoms with Crippen molar-refractivity contribution in [3.05, 3.63) is 64.7 Å². The topological polar surface area (TPSA) is 52.9 Å². The molecular formula is C19H20N2OS. The Morgan fingerprint density at radius 3 is 2.35 bits per heavy atom. The van der Waals surface area contributed by atoms with Gasteiger partial charge in [-0.05, 0) is 37.1 Å². The zero-order valence-electron chi connectivity index (χ0n) is 13.4. The number of nitrogens with zero attached hydrogens (tertiary/aromatic N) is 1. The van der Waals surface area contributed by atoms with Gasteiger partial charge in [0.05, 0.1) is 18.2 Å². The number of nitrogens with one attached hydrogen (secondary N) is 1. The Hall–Kier alpha value is -2.25. The maximum Gasteiger partial charge on any atom is 0.234 e. The van der Waals surface area contributed by atoms with Crippen LogP contribution in [0.4, 0.5) is 5.69 Å². The number of nitriles is 1. The molecule has 0 saturated heterocycles. The van der Waals surface area contributed by atoms with E-state index in [1.807, 2.05) is 24.3 Å². The number of hydrogen-bond acceptors (Lipinski definition) is 3. The van der Waals surface area contributed by atoms with E-state index >= 15 is 0 Å². The van der Waals surface area contributed by atoms with E-state index in [-0.39, 0.29) is 5.91 Å². The van der Waals surface area contributed by atoms with E-state index in [2.05, 4.69) is 43.4 Å². The summed E-state index contributed by atoms with van der Waals surface area (Å²) in [6.45, 7) is 4.17. The standard InChI is InChI=1S/C19H20N2OS/c1-14-9-15(2)11-17(10-14)12-23-13-19(22)21-18-5-3-16(4-6-18)7-8-20/h3-6,9-11H,7,12-13H2,1-2H3,(H,21,22). The summed E-state index contributed by atoms with van der Waals surface area (Å²) in [5.41, 5.74) is 5.48. The highest BCUT2D eigenvalue weighted by Crippen LogP contribution is 2.16. The average Bonchev–Trinajstić information content (AvgIpc) is 2.48. The van der Waals surface area contributed by atoms with Crippen molar-refractivity contribution in [3.8, 4) is 6.07 Å². The van der Waals surface area contributed by atoms with E-state index in [9.17, 15) is 4.79 Å². The fourth-order valence-corrected chi connectivity index (χ4v) is 3.17. The van der Waals surface area contributed by atoms with Crippen LogP contribution in [0, 0.1) is 25.2 Å². The zero-order chi connectivity index (χ0) is 16.7. The Bertz CT molecular complexity index is 697. The molecule has 1 N–H and O–H groups in total. The summed E-state index contributed by atoms with van der Waals surface area (Å²) in [6, 6.07) is 16.0. The second-order valence-corrected chi connectivity index (χ2v) is 6.55. The number of thioether (sulfide) groups is 1. The molecule has 0 aliphatic rings. The van der Waals surface area contributed by atoms with Gasteiger partial charge in [-0.15, -0.1) is 11.8 Å². The third-order valence-corrected chi connectivity index (χ3v) is 4.31. The number of carbonyl (C=O) groups is 1. The molecule has 0 spiro atoms. The Morgan fingerprint density at radius 1 is 1.09 bits per heavy atom. The number of aryl methyl sites for hydroxylation is 2. The molecule has 1 amide bonds. The highest BCUT2D eigenvalue weighted by molar-refractivity contribution is 7.99. The molecule has 0 fully saturated rings. The molecule has 4 heteroatoms. The largest absolute Gasteiger partial charge is 0.325 e. The van der Waals surface area contributed by atoms with Crippen molar-refractivity contribution in [2.45, 2.75) is 26.0 Å². The molecule has 0 saturated carbocycles. The van der Waals surface area contributed by atoms with Crippen molar-refractivity contribution in [2.75, 3.05) is 11.1 Å². The van der Waals surface area contributed by atoms with Crippen LogP contribution >= 0.6 is 11.8 Å². The van der Waals surface area contributed by atoms with Gasteiger partial charge in [-0.1, -0.05) is 41.5 Å². The zero-order valence-corrected chi connectivity index (χ0v) is 14.2. The van der Waals surface area contributed by atoms with E-state index in [1.54, 1.807) is 11.8 Å². The first-order chi connectivity index (χ1) is 11.1. The minimum absolute atomic E-state index is 0.00703. The van der Waals surface area contributed by atoms with Crippen LogP contribution < -0.4 is 5.32 Å². The third-order valence-electron chi connectivity index (χ3n) is 3.30. The number of anilines is 1. The summed E-state index contributed by atoms with van der Waals surface area (Å²) < 4.78 is 0. The first-order valence-electron chi connectivity index (χ1n) is 7.47. The Morgan fingerprint density at radius 2 is 1.74 bits per heavy atom. The molecule has 0 atom stereocenters. The minimum atomic E-state index is -0.00703. The summed E-state index contributed by atoms with van der Waals surface area (Å²) in [7, 11) is 0. The molecular weight excluding hydrogens is 304 g/mol. The fourth-order valence-electron chi connectivity index (χ4n) is 2.41. The van der Waals surface area contributed by atoms with Crippen LogP contribution in [-0.4, -0.2) is 11.7 Å². The number of benzene rings is 2. The predicted molar refractivity (Wildman–Crippen MR) is 96.5 cm³/mol. The normalized spacial score (nSPS) is 10.1. The van der Waals surface area contributed by atoms with Crippen LogP contribution in [0.2, 0.25) is 0 Å². The molecule has 3 nitrogen and oxygen atoms in total. The third kappa shape index (κ3) is 5.80. The summed E-state index contributed by atoms with van der Waals surface area (Å²) in [5.74, 6) is 1.25. The Labute approximate surface area is 141 Å². The van der Waals surface area contributed by atoms with Crippen molar-refractivity contribution in [3.63, 3.8) is 0 Å². The van der Waals surface area contributed by atoms with Crippen molar-refractivity contribution < 1.29 is 4.79 Å². The van der Waals surface area contributed by atoms with Gasteiger partial charge in [0.25, 0.3) is 0 Å². The molecule has 0 aliphatic carbocycles. The summed E-state index contributed by atoms with van der Waals surface area (Å²) in [5, 5.41) is 11.5. The van der Waals surface area contributed by atoms with Crippen LogP contribution in [0.1, 0.15) is 22.3 Å². The Balaban J connectivity index is 1.79. The SMILES string of the molecule is Cc1cc(C)cc(CSCC(=O)Nc2ccc(CC#N)cc2)c1. The molecule has 118 valence electrons. The van der Waals surface area contributed by atoms with Gasteiger partial charge in [-0.3, -0.25) is 4.79 Å². The lowest BCUT2D eigenvalue weighted by Gasteiger charge is -2.07. The molecule has 0 aliphatic heterocycles. The summed E-state index contributed by atoms with van der Waals surface area (Å²) in [6.07, 6.45) is 0.389. The first-order valence-corrected chi connectivity index (χ1v) is 8.63. The van der Waals surface area contributed by atoms with E-state index in [1.165, 1.54) is 16.7 Å². The van der Waals surface area contributed by atoms with E-state index < -0.39 is 0 Å². The predicted octanol–water partition coefficient (Wildman–Crippen LogP) is 4.24. The van der Waals surface area contributed by atoms with Crippen LogP contribution in [0.3, 0.4) is 0 Å². The molecule has 0 unspecified atom stereocenters. The van der Waals surface area contributed by atoms with Crippen molar-refractivity contribution in [2.24, 2.45) is 0 Å². The number of rotatable bonds is 6. The highest BCUT2D eigenvalue weighted by atomic mass is 32.2. The van der Waals surface area contributed by atoms with Gasteiger partial charge in [-0.2, -0.15) is 5.26 Å². The molecule has 0 heterocycles. The van der Waals surface area contributed by atoms with E-state index in [4.69, 9.17) is 5.26 Å². The molecule has 0 aromatic heterocycles. The van der Waals surface area contributed by atoms with Crippen molar-refractivity contribution in [1.29, 1.82) is 5.26 Å². The fraction of sp³-hybridized carbons (Fsp3) is 0.263. The van der Waals surface area contributed by atoms with Crippen LogP contribution in [0.15, 0.2) is 42.5 Å². The van der Waals surface area contributed by atoms with Crippen molar-refractivity contribution in [1.82, 2.24) is 0 Å². The molecule has 2 aromatic rings. The lowest BCUT2D eigenvalue weighted by molar-refractivity contribution is -0.113. The number of hydrogen-bond donors (Lipinski definition) is 1. The monoisotopic (exact) mass is 324 g/mol. The second-order valence-electron chi connectivity index (χ2n) is 5.57. The first kappa shape index (κ1) is 17.1. The van der Waals surface area contributed by atoms with Crippen molar-refractivity contribution >= 4 is 23.4 Å². The summed E-state index contributed by atoms with van der Waals surface area (Å²) in [4.78, 5) is 12.0. The second kappa shape index (κ2) is 8.40. The van der Waals surface area contributed by atoms with E-state index in [0.717, 1.165) is 17.0 Å². The molecule has 23 heavy (non-hydrogen) atoms. The smallest absolute Gasteiger partial charge is 0.234 e. The lowest BCUT2D eigenvalue weighted by Crippen LogP contribution is -2.14. The quantitative estimate of drug-likeness (QED) is 0.864. The van der Waals surface area contributed by atoms with Gasteiger partial charge in [0.15, 0.2) is 0 Å². The lowest BCUT2D eigenvalue weighted by atomic mass is 10.1. The maximum atomic E-state index is 12.0. The Kier molecular flexibility index (Phi) is 6.25. The van der Waals surface area contributed by atoms with Gasteiger partial charge < -0.3 is 5.32 Å². The summed E-state index contributed by atoms with van der Waals surface area (Å²) >= 11 is 1.61. The van der Waals surface area contributed by atoms with Gasteiger partial charge in [0, 0.05) is 11.4 Å². The molecule has 2 rings (SSSR count). The molecule has 0 radical (unpaired) electrons. The molecule has 0 bridgehead atoms. The minimum Gasteiger partial charge on any atom is -0.325 e. The highest BCUT2D eigenvalue weighted by Gasteiger charge is 2.04. The van der Waals surface area contributed by atoms with Gasteiger partial charge in [0.1, 0.15) is 0 Å². The number of amides is 1. The number of carbonyl (C=O) groups excluding carboxylic acids is 1. The van der Waals surface area contributed by atoms with Gasteiger partial charge in [0.2, 0.25) is 5.91 Å². The van der Waals surface area contributed by atoms with E-state index in [0.29, 0.717) is 12.2 Å². The maximum absolute atomic E-state index is 12.0. The van der Waals surface area contributed by atoms with Crippen LogP contribution in [0.25, 0.3) is 0 Å².